The first-order valence-corrected chi connectivity index (χ1v) is 4.01. The minimum absolute atomic E-state index is 0.177. The van der Waals surface area contributed by atoms with Crippen molar-refractivity contribution in [1.29, 1.82) is 0 Å². The summed E-state index contributed by atoms with van der Waals surface area (Å²) < 4.78 is 1.94. The van der Waals surface area contributed by atoms with Gasteiger partial charge >= 0.3 is 0 Å². The summed E-state index contributed by atoms with van der Waals surface area (Å²) >= 11 is 0. The largest absolute Gasteiger partial charge is 0.340 e. The Morgan fingerprint density at radius 1 is 1.73 bits per heavy atom. The maximum Gasteiger partial charge on any atom is 0.0947 e. The number of nitrogens with two attached hydrogens (primary N) is 1. The third-order valence-electron chi connectivity index (χ3n) is 2.20. The Hall–Kier alpha value is -0.830. The van der Waals surface area contributed by atoms with Gasteiger partial charge in [-0.2, -0.15) is 0 Å². The Balaban J connectivity index is 2.14. The molecule has 0 aliphatic heterocycles. The van der Waals surface area contributed by atoms with Crippen molar-refractivity contribution in [3.63, 3.8) is 0 Å². The molecule has 1 saturated carbocycles. The lowest BCUT2D eigenvalue weighted by Gasteiger charge is -2.04. The smallest absolute Gasteiger partial charge is 0.0947 e. The fourth-order valence-corrected chi connectivity index (χ4v) is 1.30. The van der Waals surface area contributed by atoms with Gasteiger partial charge in [-0.1, -0.05) is 0 Å². The quantitative estimate of drug-likeness (QED) is 0.680. The highest BCUT2D eigenvalue weighted by Gasteiger charge is 2.30. The van der Waals surface area contributed by atoms with E-state index in [2.05, 4.69) is 4.98 Å². The van der Waals surface area contributed by atoms with E-state index in [1.54, 1.807) is 6.33 Å². The van der Waals surface area contributed by atoms with Crippen molar-refractivity contribution in [3.05, 3.63) is 18.2 Å². The van der Waals surface area contributed by atoms with E-state index in [0.717, 1.165) is 5.69 Å². The molecule has 0 spiro atoms. The summed E-state index contributed by atoms with van der Waals surface area (Å²) in [6.07, 6.45) is 6.36. The minimum atomic E-state index is 0.177. The zero-order valence-electron chi connectivity index (χ0n) is 6.70. The fraction of sp³-hybridized carbons (Fsp3) is 0.625. The zero-order chi connectivity index (χ0) is 7.84. The third-order valence-corrected chi connectivity index (χ3v) is 2.20. The normalized spacial score (nSPS) is 20.2. The lowest BCUT2D eigenvalue weighted by Crippen LogP contribution is -2.12. The van der Waals surface area contributed by atoms with Gasteiger partial charge in [0, 0.05) is 13.2 Å². The maximum absolute atomic E-state index is 5.94. The highest BCUT2D eigenvalue weighted by Crippen LogP contribution is 2.38. The van der Waals surface area contributed by atoms with E-state index in [4.69, 9.17) is 5.73 Å². The maximum atomic E-state index is 5.94. The van der Waals surface area contributed by atoms with Gasteiger partial charge in [-0.05, 0) is 18.8 Å². The number of aromatic nitrogens is 2. The zero-order valence-corrected chi connectivity index (χ0v) is 6.70. The molecule has 1 fully saturated rings. The highest BCUT2D eigenvalue weighted by molar-refractivity contribution is 5.07. The summed E-state index contributed by atoms with van der Waals surface area (Å²) in [5.41, 5.74) is 6.97. The van der Waals surface area contributed by atoms with Gasteiger partial charge in [0.15, 0.2) is 0 Å². The number of hydrogen-bond acceptors (Lipinski definition) is 2. The summed E-state index contributed by atoms with van der Waals surface area (Å²) in [6.45, 7) is 0. The predicted octanol–water partition coefficient (Wildman–Crippen LogP) is 0.830. The molecule has 0 radical (unpaired) electrons. The first kappa shape index (κ1) is 6.85. The summed E-state index contributed by atoms with van der Waals surface area (Å²) in [4.78, 5) is 4.21. The van der Waals surface area contributed by atoms with Gasteiger partial charge in [-0.3, -0.25) is 0 Å². The molecule has 2 rings (SSSR count). The summed E-state index contributed by atoms with van der Waals surface area (Å²) in [7, 11) is 1.97. The monoisotopic (exact) mass is 151 g/mol. The van der Waals surface area contributed by atoms with Gasteiger partial charge < -0.3 is 10.3 Å². The van der Waals surface area contributed by atoms with Gasteiger partial charge in [-0.15, -0.1) is 0 Å². The van der Waals surface area contributed by atoms with E-state index >= 15 is 0 Å². The van der Waals surface area contributed by atoms with Crippen LogP contribution in [0.1, 0.15) is 24.6 Å². The molecule has 0 amide bonds. The number of hydrogen-bond donors (Lipinski definition) is 1. The molecule has 60 valence electrons. The molecule has 1 unspecified atom stereocenters. The lowest BCUT2D eigenvalue weighted by molar-refractivity contribution is 0.617. The number of rotatable bonds is 2. The summed E-state index contributed by atoms with van der Waals surface area (Å²) in [6, 6.07) is 0.177. The standard InChI is InChI=1S/C8H13N3/c1-11-4-7(10-5-11)8(9)6-2-3-6/h4-6,8H,2-3,9H2,1H3. The highest BCUT2D eigenvalue weighted by atomic mass is 15.0. The van der Waals surface area contributed by atoms with Gasteiger partial charge in [0.1, 0.15) is 0 Å². The molecular formula is C8H13N3. The summed E-state index contributed by atoms with van der Waals surface area (Å²) in [5, 5.41) is 0. The van der Waals surface area contributed by atoms with Crippen LogP contribution in [0.4, 0.5) is 0 Å². The Bertz CT molecular complexity index is 250. The third kappa shape index (κ3) is 1.28. The van der Waals surface area contributed by atoms with Gasteiger partial charge in [0.25, 0.3) is 0 Å². The van der Waals surface area contributed by atoms with E-state index in [1.165, 1.54) is 12.8 Å². The van der Waals surface area contributed by atoms with Crippen LogP contribution in [-0.4, -0.2) is 9.55 Å². The van der Waals surface area contributed by atoms with Crippen molar-refractivity contribution in [1.82, 2.24) is 9.55 Å². The molecule has 3 nitrogen and oxygen atoms in total. The molecule has 0 saturated heterocycles. The van der Waals surface area contributed by atoms with Crippen LogP contribution in [0.15, 0.2) is 12.5 Å². The Morgan fingerprint density at radius 2 is 2.45 bits per heavy atom. The van der Waals surface area contributed by atoms with E-state index in [-0.39, 0.29) is 6.04 Å². The van der Waals surface area contributed by atoms with Crippen molar-refractivity contribution >= 4 is 0 Å². The van der Waals surface area contributed by atoms with Crippen molar-refractivity contribution in [2.24, 2.45) is 18.7 Å². The second-order valence-corrected chi connectivity index (χ2v) is 3.33. The Kier molecular flexibility index (Phi) is 1.46. The molecule has 0 bridgehead atoms. The van der Waals surface area contributed by atoms with Crippen LogP contribution in [-0.2, 0) is 7.05 Å². The first-order chi connectivity index (χ1) is 5.27. The van der Waals surface area contributed by atoms with Crippen LogP contribution in [0, 0.1) is 5.92 Å². The van der Waals surface area contributed by atoms with Crippen molar-refractivity contribution < 1.29 is 0 Å². The van der Waals surface area contributed by atoms with E-state index < -0.39 is 0 Å². The molecule has 1 aliphatic rings. The van der Waals surface area contributed by atoms with Gasteiger partial charge in [0.2, 0.25) is 0 Å². The van der Waals surface area contributed by atoms with Gasteiger partial charge in [0.05, 0.1) is 18.1 Å². The molecule has 3 heteroatoms. The predicted molar refractivity (Wildman–Crippen MR) is 42.9 cm³/mol. The Labute approximate surface area is 66.2 Å². The average Bonchev–Trinajstić information content (AvgIpc) is 2.74. The SMILES string of the molecule is Cn1cnc(C(N)C2CC2)c1. The summed E-state index contributed by atoms with van der Waals surface area (Å²) in [5.74, 6) is 0.699. The van der Waals surface area contributed by atoms with Crippen LogP contribution in [0.3, 0.4) is 0 Å². The van der Waals surface area contributed by atoms with Crippen LogP contribution < -0.4 is 5.73 Å². The molecule has 1 aromatic heterocycles. The molecular weight excluding hydrogens is 138 g/mol. The Morgan fingerprint density at radius 3 is 2.91 bits per heavy atom. The number of imidazole rings is 1. The lowest BCUT2D eigenvalue weighted by atomic mass is 10.1. The molecule has 2 N–H and O–H groups in total. The molecule has 1 aliphatic carbocycles. The van der Waals surface area contributed by atoms with E-state index in [1.807, 2.05) is 17.8 Å². The van der Waals surface area contributed by atoms with E-state index in [0.29, 0.717) is 5.92 Å². The number of aryl methyl sites for hydroxylation is 1. The van der Waals surface area contributed by atoms with Crippen molar-refractivity contribution in [2.45, 2.75) is 18.9 Å². The minimum Gasteiger partial charge on any atom is -0.340 e. The molecule has 0 aromatic carbocycles. The van der Waals surface area contributed by atoms with Crippen LogP contribution in [0.25, 0.3) is 0 Å². The van der Waals surface area contributed by atoms with Crippen molar-refractivity contribution in [3.8, 4) is 0 Å². The van der Waals surface area contributed by atoms with Crippen LogP contribution in [0.5, 0.6) is 0 Å². The van der Waals surface area contributed by atoms with Crippen molar-refractivity contribution in [2.75, 3.05) is 0 Å². The van der Waals surface area contributed by atoms with E-state index in [9.17, 15) is 0 Å². The topological polar surface area (TPSA) is 43.8 Å². The van der Waals surface area contributed by atoms with Crippen LogP contribution >= 0.6 is 0 Å². The average molecular weight is 151 g/mol. The second kappa shape index (κ2) is 2.34. The molecule has 1 heterocycles. The molecule has 1 aromatic rings. The van der Waals surface area contributed by atoms with Crippen LogP contribution in [0.2, 0.25) is 0 Å². The number of nitrogens with zero attached hydrogens (tertiary/aromatic N) is 2. The fourth-order valence-electron chi connectivity index (χ4n) is 1.30. The second-order valence-electron chi connectivity index (χ2n) is 3.33. The molecule has 1 atom stereocenters. The first-order valence-electron chi connectivity index (χ1n) is 4.01. The van der Waals surface area contributed by atoms with Gasteiger partial charge in [-0.25, -0.2) is 4.98 Å². The molecule has 11 heavy (non-hydrogen) atoms.